The molecule has 1 saturated heterocycles. The van der Waals surface area contributed by atoms with Crippen LogP contribution in [0.5, 0.6) is 0 Å². The van der Waals surface area contributed by atoms with Gasteiger partial charge in [0.05, 0.1) is 19.3 Å². The number of benzene rings is 1. The molecular weight excluding hydrogens is 424 g/mol. The van der Waals surface area contributed by atoms with E-state index >= 15 is 0 Å². The minimum Gasteiger partial charge on any atom is -0.379 e. The lowest BCUT2D eigenvalue weighted by molar-refractivity contribution is -0.132. The second-order valence-corrected chi connectivity index (χ2v) is 9.29. The number of halogens is 1. The number of amides is 1. The van der Waals surface area contributed by atoms with Gasteiger partial charge in [-0.25, -0.2) is 0 Å². The summed E-state index contributed by atoms with van der Waals surface area (Å²) in [7, 11) is 1.96. The van der Waals surface area contributed by atoms with Crippen LogP contribution in [0, 0.1) is 5.92 Å². The quantitative estimate of drug-likeness (QED) is 0.665. The summed E-state index contributed by atoms with van der Waals surface area (Å²) in [5.41, 5.74) is 1.27. The zero-order chi connectivity index (χ0) is 18.8. The number of thiophene rings is 1. The van der Waals surface area contributed by atoms with Crippen molar-refractivity contribution >= 4 is 33.2 Å². The molecule has 27 heavy (non-hydrogen) atoms. The van der Waals surface area contributed by atoms with Crippen LogP contribution < -0.4 is 0 Å². The Balaban J connectivity index is 1.41. The van der Waals surface area contributed by atoms with E-state index in [-0.39, 0.29) is 17.9 Å². The first-order chi connectivity index (χ1) is 13.1. The van der Waals surface area contributed by atoms with Gasteiger partial charge in [0.1, 0.15) is 0 Å². The highest BCUT2D eigenvalue weighted by molar-refractivity contribution is 9.10. The number of nitrogens with zero attached hydrogens (tertiary/aromatic N) is 2. The smallest absolute Gasteiger partial charge is 0.226 e. The summed E-state index contributed by atoms with van der Waals surface area (Å²) in [4.78, 5) is 18.8. The van der Waals surface area contributed by atoms with Crippen LogP contribution in [0.2, 0.25) is 0 Å². The number of carbonyl (C=O) groups excluding carboxylic acids is 1. The molecule has 0 bridgehead atoms. The maximum Gasteiger partial charge on any atom is 0.226 e. The van der Waals surface area contributed by atoms with E-state index in [1.165, 1.54) is 10.4 Å². The van der Waals surface area contributed by atoms with Gasteiger partial charge in [0.15, 0.2) is 0 Å². The molecule has 2 aromatic rings. The number of ether oxygens (including phenoxy) is 1. The average molecular weight is 449 g/mol. The van der Waals surface area contributed by atoms with Crippen LogP contribution in [-0.4, -0.2) is 55.6 Å². The van der Waals surface area contributed by atoms with E-state index in [4.69, 9.17) is 4.74 Å². The van der Waals surface area contributed by atoms with Crippen molar-refractivity contribution in [3.05, 3.63) is 56.7 Å². The minimum absolute atomic E-state index is 0.129. The largest absolute Gasteiger partial charge is 0.379 e. The van der Waals surface area contributed by atoms with Crippen molar-refractivity contribution in [3.8, 4) is 0 Å². The number of morpholine rings is 1. The van der Waals surface area contributed by atoms with Crippen molar-refractivity contribution in [1.29, 1.82) is 0 Å². The Kier molecular flexibility index (Phi) is 5.97. The highest BCUT2D eigenvalue weighted by Gasteiger charge is 2.45. The van der Waals surface area contributed by atoms with E-state index in [0.717, 1.165) is 43.7 Å². The molecule has 4 rings (SSSR count). The molecule has 1 aliphatic heterocycles. The zero-order valence-corrected chi connectivity index (χ0v) is 17.9. The summed E-state index contributed by atoms with van der Waals surface area (Å²) < 4.78 is 6.60. The van der Waals surface area contributed by atoms with Crippen LogP contribution >= 0.6 is 27.3 Å². The second kappa shape index (κ2) is 8.43. The van der Waals surface area contributed by atoms with Gasteiger partial charge < -0.3 is 9.64 Å². The number of hydrogen-bond acceptors (Lipinski definition) is 4. The standard InChI is InChI=1S/C21H25BrN2O2S/c1-23(21(25)18-13-17(18)15-4-6-16(22)7-5-15)14-19(20-3-2-12-27-20)24-8-10-26-11-9-24/h2-7,12,17-19H,8-11,13-14H2,1H3/t17-,18+,19+/m0/s1. The summed E-state index contributed by atoms with van der Waals surface area (Å²) in [6.45, 7) is 4.13. The molecule has 0 spiro atoms. The van der Waals surface area contributed by atoms with Crippen molar-refractivity contribution in [3.63, 3.8) is 0 Å². The summed E-state index contributed by atoms with van der Waals surface area (Å²) >= 11 is 5.25. The second-order valence-electron chi connectivity index (χ2n) is 7.40. The average Bonchev–Trinajstić information content (AvgIpc) is 3.31. The molecule has 0 N–H and O–H groups in total. The highest BCUT2D eigenvalue weighted by Crippen LogP contribution is 2.48. The SMILES string of the molecule is CN(C[C@H](c1cccs1)N1CCOCC1)C(=O)[C@@H]1C[C@H]1c1ccc(Br)cc1. The van der Waals surface area contributed by atoms with Gasteiger partial charge in [0, 0.05) is 41.9 Å². The van der Waals surface area contributed by atoms with Gasteiger partial charge >= 0.3 is 0 Å². The Bertz CT molecular complexity index is 759. The van der Waals surface area contributed by atoms with Crippen LogP contribution in [0.3, 0.4) is 0 Å². The summed E-state index contributed by atoms with van der Waals surface area (Å²) in [6.07, 6.45) is 0.964. The Morgan fingerprint density at radius 1 is 1.30 bits per heavy atom. The fourth-order valence-corrected chi connectivity index (χ4v) is 5.05. The maximum atomic E-state index is 13.0. The molecule has 2 aliphatic rings. The molecule has 3 atom stereocenters. The maximum absolute atomic E-state index is 13.0. The molecule has 144 valence electrons. The van der Waals surface area contributed by atoms with Gasteiger partial charge in [-0.2, -0.15) is 0 Å². The lowest BCUT2D eigenvalue weighted by atomic mass is 10.1. The molecule has 1 aromatic carbocycles. The van der Waals surface area contributed by atoms with Crippen LogP contribution in [0.1, 0.15) is 28.8 Å². The Labute approximate surface area is 173 Å². The zero-order valence-electron chi connectivity index (χ0n) is 15.5. The van der Waals surface area contributed by atoms with E-state index in [1.54, 1.807) is 11.3 Å². The molecule has 0 radical (unpaired) electrons. The summed E-state index contributed by atoms with van der Waals surface area (Å²) in [5.74, 6) is 0.777. The third-order valence-electron chi connectivity index (χ3n) is 5.59. The van der Waals surface area contributed by atoms with E-state index in [0.29, 0.717) is 5.92 Å². The third-order valence-corrected chi connectivity index (χ3v) is 7.09. The number of likely N-dealkylation sites (N-methyl/N-ethyl adjacent to an activating group) is 1. The molecule has 1 aliphatic carbocycles. The molecule has 0 unspecified atom stereocenters. The van der Waals surface area contributed by atoms with Gasteiger partial charge in [0.25, 0.3) is 0 Å². The van der Waals surface area contributed by atoms with Crippen LogP contribution in [-0.2, 0) is 9.53 Å². The molecule has 1 amide bonds. The number of rotatable bonds is 6. The summed E-state index contributed by atoms with van der Waals surface area (Å²) in [5, 5.41) is 2.12. The van der Waals surface area contributed by atoms with E-state index in [9.17, 15) is 4.79 Å². The van der Waals surface area contributed by atoms with E-state index in [1.807, 2.05) is 11.9 Å². The Morgan fingerprint density at radius 2 is 2.04 bits per heavy atom. The van der Waals surface area contributed by atoms with Crippen molar-refractivity contribution in [1.82, 2.24) is 9.80 Å². The predicted molar refractivity (Wildman–Crippen MR) is 112 cm³/mol. The van der Waals surface area contributed by atoms with Crippen LogP contribution in [0.25, 0.3) is 0 Å². The Morgan fingerprint density at radius 3 is 2.70 bits per heavy atom. The fraction of sp³-hybridized carbons (Fsp3) is 0.476. The van der Waals surface area contributed by atoms with Crippen molar-refractivity contribution in [2.45, 2.75) is 18.4 Å². The molecule has 1 aromatic heterocycles. The first-order valence-electron chi connectivity index (χ1n) is 9.49. The lowest BCUT2D eigenvalue weighted by Gasteiger charge is -2.36. The molecular formula is C21H25BrN2O2S. The fourth-order valence-electron chi connectivity index (χ4n) is 3.93. The normalized spacial score (nSPS) is 23.8. The Hall–Kier alpha value is -1.21. The molecule has 4 nitrogen and oxygen atoms in total. The van der Waals surface area contributed by atoms with Gasteiger partial charge in [0.2, 0.25) is 5.91 Å². The highest BCUT2D eigenvalue weighted by atomic mass is 79.9. The number of hydrogen-bond donors (Lipinski definition) is 0. The van der Waals surface area contributed by atoms with E-state index in [2.05, 4.69) is 62.6 Å². The molecule has 6 heteroatoms. The first-order valence-corrected chi connectivity index (χ1v) is 11.2. The molecule has 1 saturated carbocycles. The topological polar surface area (TPSA) is 32.8 Å². The van der Waals surface area contributed by atoms with Gasteiger partial charge in [-0.05, 0) is 41.5 Å². The van der Waals surface area contributed by atoms with Crippen LogP contribution in [0.4, 0.5) is 0 Å². The third kappa shape index (κ3) is 4.45. The lowest BCUT2D eigenvalue weighted by Crippen LogP contribution is -2.44. The monoisotopic (exact) mass is 448 g/mol. The van der Waals surface area contributed by atoms with Crippen LogP contribution in [0.15, 0.2) is 46.3 Å². The van der Waals surface area contributed by atoms with Crippen molar-refractivity contribution in [2.24, 2.45) is 5.92 Å². The first kappa shape index (κ1) is 19.1. The van der Waals surface area contributed by atoms with Gasteiger partial charge in [-0.15, -0.1) is 11.3 Å². The predicted octanol–water partition coefficient (Wildman–Crippen LogP) is 4.15. The van der Waals surface area contributed by atoms with Gasteiger partial charge in [-0.3, -0.25) is 9.69 Å². The molecule has 2 fully saturated rings. The molecule has 2 heterocycles. The van der Waals surface area contributed by atoms with E-state index < -0.39 is 0 Å². The summed E-state index contributed by atoms with van der Waals surface area (Å²) in [6, 6.07) is 12.9. The van der Waals surface area contributed by atoms with Crippen molar-refractivity contribution in [2.75, 3.05) is 39.9 Å². The van der Waals surface area contributed by atoms with Gasteiger partial charge in [-0.1, -0.05) is 34.1 Å². The number of carbonyl (C=O) groups is 1. The minimum atomic E-state index is 0.129. The van der Waals surface area contributed by atoms with Crippen molar-refractivity contribution < 1.29 is 9.53 Å².